The first kappa shape index (κ1) is 20.4. The van der Waals surface area contributed by atoms with E-state index < -0.39 is 0 Å². The lowest BCUT2D eigenvalue weighted by molar-refractivity contribution is 0.287. The quantitative estimate of drug-likeness (QED) is 0.339. The number of fused-ring (bicyclic) bond motifs is 1. The van der Waals surface area contributed by atoms with Crippen LogP contribution in [0.25, 0.3) is 16.7 Å². The Morgan fingerprint density at radius 2 is 1.83 bits per heavy atom. The molecule has 4 aromatic rings. The lowest BCUT2D eigenvalue weighted by Gasteiger charge is -2.13. The molecule has 0 bridgehead atoms. The molecular formula is C22H22IN5O2. The minimum atomic E-state index is 0.584. The van der Waals surface area contributed by atoms with Crippen LogP contribution in [0.2, 0.25) is 0 Å². The molecule has 7 nitrogen and oxygen atoms in total. The van der Waals surface area contributed by atoms with Gasteiger partial charge in [-0.05, 0) is 72.3 Å². The van der Waals surface area contributed by atoms with E-state index >= 15 is 0 Å². The molecule has 2 aromatic carbocycles. The molecule has 0 fully saturated rings. The van der Waals surface area contributed by atoms with E-state index in [1.54, 1.807) is 12.5 Å². The van der Waals surface area contributed by atoms with Gasteiger partial charge in [-0.1, -0.05) is 12.1 Å². The van der Waals surface area contributed by atoms with Gasteiger partial charge in [-0.15, -0.1) is 0 Å². The Kier molecular flexibility index (Phi) is 6.32. The molecule has 8 heteroatoms. The maximum Gasteiger partial charge on any atom is 0.168 e. The summed E-state index contributed by atoms with van der Waals surface area (Å²) in [6.45, 7) is 5.70. The van der Waals surface area contributed by atoms with Crippen molar-refractivity contribution in [3.05, 3.63) is 64.1 Å². The zero-order valence-corrected chi connectivity index (χ0v) is 19.0. The summed E-state index contributed by atoms with van der Waals surface area (Å²) >= 11 is 2.29. The van der Waals surface area contributed by atoms with Crippen molar-refractivity contribution in [3.8, 4) is 17.2 Å². The highest BCUT2D eigenvalue weighted by Crippen LogP contribution is 2.29. The third-order valence-electron chi connectivity index (χ3n) is 4.49. The average Bonchev–Trinajstić information content (AvgIpc) is 3.19. The predicted octanol–water partition coefficient (Wildman–Crippen LogP) is 4.83. The molecule has 0 aliphatic carbocycles. The molecule has 0 atom stereocenters. The van der Waals surface area contributed by atoms with Crippen molar-refractivity contribution in [1.29, 1.82) is 0 Å². The number of rotatable bonds is 8. The fourth-order valence-electron chi connectivity index (χ4n) is 3.17. The summed E-state index contributed by atoms with van der Waals surface area (Å²) in [5.41, 5.74) is 2.80. The van der Waals surface area contributed by atoms with Crippen LogP contribution in [0, 0.1) is 3.57 Å². The Balaban J connectivity index is 1.58. The van der Waals surface area contributed by atoms with Crippen molar-refractivity contribution in [2.75, 3.05) is 18.5 Å². The van der Waals surface area contributed by atoms with Gasteiger partial charge in [0.2, 0.25) is 0 Å². The summed E-state index contributed by atoms with van der Waals surface area (Å²) in [4.78, 5) is 8.86. The molecule has 1 N–H and O–H groups in total. The summed E-state index contributed by atoms with van der Waals surface area (Å²) in [7, 11) is 0. The third-order valence-corrected chi connectivity index (χ3v) is 5.16. The number of nitrogens with zero attached hydrogens (tertiary/aromatic N) is 4. The van der Waals surface area contributed by atoms with Gasteiger partial charge in [0.05, 0.1) is 30.5 Å². The van der Waals surface area contributed by atoms with Gasteiger partial charge in [-0.25, -0.2) is 14.6 Å². The monoisotopic (exact) mass is 515 g/mol. The van der Waals surface area contributed by atoms with Gasteiger partial charge in [0.15, 0.2) is 17.1 Å². The van der Waals surface area contributed by atoms with Gasteiger partial charge in [-0.2, -0.15) is 5.10 Å². The van der Waals surface area contributed by atoms with Crippen molar-refractivity contribution in [2.45, 2.75) is 20.4 Å². The highest BCUT2D eigenvalue weighted by atomic mass is 127. The molecule has 0 saturated carbocycles. The first-order chi connectivity index (χ1) is 14.7. The molecule has 0 radical (unpaired) electrons. The van der Waals surface area contributed by atoms with Crippen molar-refractivity contribution in [3.63, 3.8) is 0 Å². The summed E-state index contributed by atoms with van der Waals surface area (Å²) < 4.78 is 14.3. The van der Waals surface area contributed by atoms with E-state index in [4.69, 9.17) is 9.47 Å². The standard InChI is InChI=1S/C22H22IN5O2/c1-3-29-19-9-8-15(10-20(19)30-4-2)12-24-21-18-13-27-28(22(18)26-14-25-21)17-7-5-6-16(23)11-17/h5-11,13-14H,3-4,12H2,1-2H3,(H,24,25,26). The number of aromatic nitrogens is 4. The Morgan fingerprint density at radius 1 is 1.00 bits per heavy atom. The fraction of sp³-hybridized carbons (Fsp3) is 0.227. The number of ether oxygens (including phenoxy) is 2. The van der Waals surface area contributed by atoms with E-state index in [0.29, 0.717) is 19.8 Å². The van der Waals surface area contributed by atoms with Crippen LogP contribution in [-0.2, 0) is 6.54 Å². The Labute approximate surface area is 188 Å². The molecule has 30 heavy (non-hydrogen) atoms. The van der Waals surface area contributed by atoms with Crippen LogP contribution < -0.4 is 14.8 Å². The van der Waals surface area contributed by atoms with Crippen LogP contribution in [0.5, 0.6) is 11.5 Å². The topological polar surface area (TPSA) is 74.1 Å². The lowest BCUT2D eigenvalue weighted by Crippen LogP contribution is -2.04. The van der Waals surface area contributed by atoms with Gasteiger partial charge >= 0.3 is 0 Å². The molecule has 0 saturated heterocycles. The molecule has 2 heterocycles. The molecule has 0 amide bonds. The van der Waals surface area contributed by atoms with Gasteiger partial charge in [0.1, 0.15) is 12.1 Å². The third kappa shape index (κ3) is 4.33. The van der Waals surface area contributed by atoms with Crippen LogP contribution in [0.3, 0.4) is 0 Å². The largest absolute Gasteiger partial charge is 0.490 e. The molecule has 154 valence electrons. The molecule has 0 unspecified atom stereocenters. The van der Waals surface area contributed by atoms with E-state index in [2.05, 4.69) is 49.0 Å². The van der Waals surface area contributed by atoms with Crippen molar-refractivity contribution in [1.82, 2.24) is 19.7 Å². The smallest absolute Gasteiger partial charge is 0.168 e. The second kappa shape index (κ2) is 9.29. The SMILES string of the molecule is CCOc1ccc(CNc2ncnc3c2cnn3-c2cccc(I)c2)cc1OCC. The summed E-state index contributed by atoms with van der Waals surface area (Å²) in [6, 6.07) is 14.1. The number of nitrogens with one attached hydrogen (secondary N) is 1. The normalized spacial score (nSPS) is 10.9. The zero-order chi connectivity index (χ0) is 20.9. The minimum absolute atomic E-state index is 0.584. The van der Waals surface area contributed by atoms with Crippen molar-refractivity contribution < 1.29 is 9.47 Å². The fourth-order valence-corrected chi connectivity index (χ4v) is 3.70. The summed E-state index contributed by atoms with van der Waals surface area (Å²) in [6.07, 6.45) is 3.35. The van der Waals surface area contributed by atoms with Crippen LogP contribution in [0.15, 0.2) is 55.0 Å². The molecule has 0 spiro atoms. The van der Waals surface area contributed by atoms with E-state index in [-0.39, 0.29) is 0 Å². The first-order valence-corrected chi connectivity index (χ1v) is 10.8. The highest BCUT2D eigenvalue weighted by Gasteiger charge is 2.12. The van der Waals surface area contributed by atoms with E-state index in [9.17, 15) is 0 Å². The highest BCUT2D eigenvalue weighted by molar-refractivity contribution is 14.1. The van der Waals surface area contributed by atoms with E-state index in [1.807, 2.05) is 54.9 Å². The van der Waals surface area contributed by atoms with Crippen molar-refractivity contribution in [2.24, 2.45) is 0 Å². The molecule has 4 rings (SSSR count). The number of hydrogen-bond acceptors (Lipinski definition) is 6. The number of benzene rings is 2. The summed E-state index contributed by atoms with van der Waals surface area (Å²) in [5.74, 6) is 2.24. The first-order valence-electron chi connectivity index (χ1n) is 9.76. The van der Waals surface area contributed by atoms with Gasteiger partial charge in [-0.3, -0.25) is 0 Å². The Morgan fingerprint density at radius 3 is 2.63 bits per heavy atom. The maximum atomic E-state index is 5.72. The van der Waals surface area contributed by atoms with Crippen LogP contribution in [0.4, 0.5) is 5.82 Å². The predicted molar refractivity (Wildman–Crippen MR) is 125 cm³/mol. The summed E-state index contributed by atoms with van der Waals surface area (Å²) in [5, 5.41) is 8.79. The van der Waals surface area contributed by atoms with E-state index in [0.717, 1.165) is 43.2 Å². The van der Waals surface area contributed by atoms with Gasteiger partial charge in [0.25, 0.3) is 0 Å². The minimum Gasteiger partial charge on any atom is -0.490 e. The average molecular weight is 515 g/mol. The van der Waals surface area contributed by atoms with Crippen LogP contribution in [0.1, 0.15) is 19.4 Å². The number of halogens is 1. The van der Waals surface area contributed by atoms with Crippen LogP contribution >= 0.6 is 22.6 Å². The Hall–Kier alpha value is -2.88. The van der Waals surface area contributed by atoms with E-state index in [1.165, 1.54) is 0 Å². The molecule has 0 aliphatic rings. The van der Waals surface area contributed by atoms with Crippen molar-refractivity contribution >= 4 is 39.4 Å². The van der Waals surface area contributed by atoms with Gasteiger partial charge < -0.3 is 14.8 Å². The molecule has 0 aliphatic heterocycles. The molecular weight excluding hydrogens is 493 g/mol. The number of anilines is 1. The van der Waals surface area contributed by atoms with Crippen LogP contribution in [-0.4, -0.2) is 33.0 Å². The Bertz CT molecular complexity index is 1160. The number of hydrogen-bond donors (Lipinski definition) is 1. The second-order valence-electron chi connectivity index (χ2n) is 6.50. The lowest BCUT2D eigenvalue weighted by atomic mass is 10.2. The van der Waals surface area contributed by atoms with Gasteiger partial charge in [0, 0.05) is 10.1 Å². The maximum absolute atomic E-state index is 5.72. The zero-order valence-electron chi connectivity index (χ0n) is 16.8. The second-order valence-corrected chi connectivity index (χ2v) is 7.74. The molecule has 2 aromatic heterocycles.